The van der Waals surface area contributed by atoms with Gasteiger partial charge in [-0.3, -0.25) is 0 Å². The van der Waals surface area contributed by atoms with Crippen molar-refractivity contribution in [1.29, 1.82) is 0 Å². The van der Waals surface area contributed by atoms with Crippen molar-refractivity contribution in [2.75, 3.05) is 12.4 Å². The van der Waals surface area contributed by atoms with Crippen molar-refractivity contribution in [3.63, 3.8) is 0 Å². The molecule has 4 heteroatoms. The summed E-state index contributed by atoms with van der Waals surface area (Å²) in [7, 11) is 1.77. The molecule has 0 amide bonds. The van der Waals surface area contributed by atoms with Crippen molar-refractivity contribution in [2.45, 2.75) is 6.92 Å². The lowest BCUT2D eigenvalue weighted by Gasteiger charge is -2.08. The fraction of sp³-hybridized carbons (Fsp3) is 0.182. The van der Waals surface area contributed by atoms with E-state index in [0.717, 1.165) is 15.4 Å². The van der Waals surface area contributed by atoms with Gasteiger partial charge in [0.15, 0.2) is 0 Å². The van der Waals surface area contributed by atoms with Gasteiger partial charge in [0, 0.05) is 16.9 Å². The molecule has 2 aromatic rings. The van der Waals surface area contributed by atoms with Crippen LogP contribution in [0.2, 0.25) is 0 Å². The molecule has 0 aliphatic rings. The van der Waals surface area contributed by atoms with Crippen molar-refractivity contribution in [1.82, 2.24) is 4.98 Å². The van der Waals surface area contributed by atoms with E-state index in [1.165, 1.54) is 6.07 Å². The summed E-state index contributed by atoms with van der Waals surface area (Å²) < 4.78 is 14.4. The molecule has 78 valence electrons. The van der Waals surface area contributed by atoms with Gasteiger partial charge in [-0.25, -0.2) is 9.37 Å². The summed E-state index contributed by atoms with van der Waals surface area (Å²) in [6.07, 6.45) is 0. The van der Waals surface area contributed by atoms with Crippen LogP contribution in [0, 0.1) is 12.7 Å². The van der Waals surface area contributed by atoms with Crippen molar-refractivity contribution >= 4 is 32.7 Å². The highest BCUT2D eigenvalue weighted by molar-refractivity contribution is 9.10. The van der Waals surface area contributed by atoms with Crippen LogP contribution >= 0.6 is 15.9 Å². The van der Waals surface area contributed by atoms with E-state index in [0.29, 0.717) is 11.3 Å². The molecule has 1 aromatic heterocycles. The van der Waals surface area contributed by atoms with Crippen LogP contribution in [0.4, 0.5) is 10.2 Å². The third-order valence-electron chi connectivity index (χ3n) is 2.31. The number of hydrogen-bond acceptors (Lipinski definition) is 2. The first-order valence-corrected chi connectivity index (χ1v) is 5.36. The van der Waals surface area contributed by atoms with Crippen LogP contribution in [0.15, 0.2) is 22.7 Å². The summed E-state index contributed by atoms with van der Waals surface area (Å²) in [6.45, 7) is 1.94. The number of aromatic nitrogens is 1. The quantitative estimate of drug-likeness (QED) is 0.857. The fourth-order valence-electron chi connectivity index (χ4n) is 1.55. The highest BCUT2D eigenvalue weighted by atomic mass is 79.9. The van der Waals surface area contributed by atoms with Gasteiger partial charge >= 0.3 is 0 Å². The number of pyridine rings is 1. The summed E-state index contributed by atoms with van der Waals surface area (Å²) in [6, 6.07) is 5.02. The molecule has 0 radical (unpaired) electrons. The Morgan fingerprint density at radius 1 is 1.40 bits per heavy atom. The second-order valence-corrected chi connectivity index (χ2v) is 4.18. The number of fused-ring (bicyclic) bond motifs is 1. The van der Waals surface area contributed by atoms with Crippen LogP contribution in [0.25, 0.3) is 10.9 Å². The van der Waals surface area contributed by atoms with Crippen LogP contribution in [0.5, 0.6) is 0 Å². The molecule has 0 spiro atoms. The van der Waals surface area contributed by atoms with Gasteiger partial charge in [0.2, 0.25) is 0 Å². The Hall–Kier alpha value is -1.16. The van der Waals surface area contributed by atoms with Gasteiger partial charge in [-0.15, -0.1) is 0 Å². The third-order valence-corrected chi connectivity index (χ3v) is 3.00. The molecule has 1 heterocycles. The Morgan fingerprint density at radius 3 is 2.80 bits per heavy atom. The first-order valence-electron chi connectivity index (χ1n) is 4.56. The molecule has 0 bridgehead atoms. The molecule has 1 aromatic carbocycles. The molecule has 1 N–H and O–H groups in total. The first-order chi connectivity index (χ1) is 7.13. The van der Waals surface area contributed by atoms with Gasteiger partial charge < -0.3 is 5.32 Å². The minimum absolute atomic E-state index is 0.301. The number of nitrogens with zero attached hydrogens (tertiary/aromatic N) is 1. The third kappa shape index (κ3) is 1.69. The molecular formula is C11H10BrFN2. The van der Waals surface area contributed by atoms with E-state index in [4.69, 9.17) is 0 Å². The van der Waals surface area contributed by atoms with E-state index < -0.39 is 0 Å². The number of benzene rings is 1. The number of hydrogen-bond donors (Lipinski definition) is 1. The van der Waals surface area contributed by atoms with Crippen molar-refractivity contribution in [3.8, 4) is 0 Å². The maximum atomic E-state index is 13.5. The van der Waals surface area contributed by atoms with E-state index in [9.17, 15) is 4.39 Å². The second-order valence-electron chi connectivity index (χ2n) is 3.33. The number of anilines is 1. The van der Waals surface area contributed by atoms with Gasteiger partial charge in [0.05, 0.1) is 0 Å². The van der Waals surface area contributed by atoms with Crippen LogP contribution < -0.4 is 5.32 Å². The molecular weight excluding hydrogens is 259 g/mol. The number of nitrogens with one attached hydrogen (secondary N) is 1. The Morgan fingerprint density at radius 2 is 2.13 bits per heavy atom. The van der Waals surface area contributed by atoms with Gasteiger partial charge in [-0.1, -0.05) is 15.9 Å². The summed E-state index contributed by atoms with van der Waals surface area (Å²) in [4.78, 5) is 4.24. The molecule has 2 rings (SSSR count). The highest BCUT2D eigenvalue weighted by Gasteiger charge is 2.08. The number of rotatable bonds is 1. The second kappa shape index (κ2) is 3.77. The smallest absolute Gasteiger partial charge is 0.149 e. The summed E-state index contributed by atoms with van der Waals surface area (Å²) in [5.74, 6) is 0.407. The number of aryl methyl sites for hydroxylation is 1. The van der Waals surface area contributed by atoms with Crippen molar-refractivity contribution < 1.29 is 4.39 Å². The molecule has 0 aliphatic carbocycles. The standard InChI is InChI=1S/C11H10BrFN2/c1-6-5-7-8(12)3-4-9(13)10(7)15-11(6)14-2/h3-5H,1-2H3,(H,14,15). The minimum atomic E-state index is -0.301. The summed E-state index contributed by atoms with van der Waals surface area (Å²) in [5, 5.41) is 3.74. The topological polar surface area (TPSA) is 24.9 Å². The molecule has 2 nitrogen and oxygen atoms in total. The zero-order valence-electron chi connectivity index (χ0n) is 8.44. The zero-order chi connectivity index (χ0) is 11.0. The van der Waals surface area contributed by atoms with Gasteiger partial charge in [-0.05, 0) is 30.7 Å². The van der Waals surface area contributed by atoms with Gasteiger partial charge in [-0.2, -0.15) is 0 Å². The van der Waals surface area contributed by atoms with E-state index in [1.54, 1.807) is 13.1 Å². The highest BCUT2D eigenvalue weighted by Crippen LogP contribution is 2.28. The maximum absolute atomic E-state index is 13.5. The summed E-state index contributed by atoms with van der Waals surface area (Å²) in [5.41, 5.74) is 1.38. The molecule has 0 saturated carbocycles. The van der Waals surface area contributed by atoms with Crippen LogP contribution in [0.3, 0.4) is 0 Å². The van der Waals surface area contributed by atoms with Crippen LogP contribution in [-0.2, 0) is 0 Å². The van der Waals surface area contributed by atoms with Gasteiger partial charge in [0.25, 0.3) is 0 Å². The Kier molecular flexibility index (Phi) is 2.61. The molecule has 0 fully saturated rings. The molecule has 0 atom stereocenters. The molecule has 15 heavy (non-hydrogen) atoms. The normalized spacial score (nSPS) is 10.7. The molecule has 0 saturated heterocycles. The lowest BCUT2D eigenvalue weighted by Crippen LogP contribution is -1.97. The SMILES string of the molecule is CNc1nc2c(F)ccc(Br)c2cc1C. The van der Waals surface area contributed by atoms with E-state index in [1.807, 2.05) is 13.0 Å². The Balaban J connectivity index is 2.86. The van der Waals surface area contributed by atoms with Crippen LogP contribution in [0.1, 0.15) is 5.56 Å². The fourth-order valence-corrected chi connectivity index (χ4v) is 1.98. The molecule has 0 aliphatic heterocycles. The van der Waals surface area contributed by atoms with Crippen LogP contribution in [-0.4, -0.2) is 12.0 Å². The Labute approximate surface area is 95.6 Å². The maximum Gasteiger partial charge on any atom is 0.149 e. The number of halogens is 2. The van der Waals surface area contributed by atoms with E-state index >= 15 is 0 Å². The minimum Gasteiger partial charge on any atom is -0.373 e. The summed E-state index contributed by atoms with van der Waals surface area (Å²) >= 11 is 3.38. The first kappa shape index (κ1) is 10.4. The zero-order valence-corrected chi connectivity index (χ0v) is 10.0. The van der Waals surface area contributed by atoms with Gasteiger partial charge in [0.1, 0.15) is 17.2 Å². The lowest BCUT2D eigenvalue weighted by molar-refractivity contribution is 0.636. The predicted octanol–water partition coefficient (Wildman–Crippen LogP) is 3.49. The monoisotopic (exact) mass is 268 g/mol. The van der Waals surface area contributed by atoms with Crippen molar-refractivity contribution in [3.05, 3.63) is 34.1 Å². The largest absolute Gasteiger partial charge is 0.373 e. The predicted molar refractivity (Wildman–Crippen MR) is 63.7 cm³/mol. The van der Waals surface area contributed by atoms with E-state index in [2.05, 4.69) is 26.2 Å². The average Bonchev–Trinajstić information content (AvgIpc) is 2.23. The molecule has 0 unspecified atom stereocenters. The van der Waals surface area contributed by atoms with Crippen molar-refractivity contribution in [2.24, 2.45) is 0 Å². The Bertz CT molecular complexity index is 525. The average molecular weight is 269 g/mol. The lowest BCUT2D eigenvalue weighted by atomic mass is 10.1. The van der Waals surface area contributed by atoms with E-state index in [-0.39, 0.29) is 5.82 Å².